The molecule has 0 bridgehead atoms. The predicted molar refractivity (Wildman–Crippen MR) is 92.8 cm³/mol. The summed E-state index contributed by atoms with van der Waals surface area (Å²) < 4.78 is 5.39. The summed E-state index contributed by atoms with van der Waals surface area (Å²) in [5, 5.41) is 20.4. The van der Waals surface area contributed by atoms with E-state index >= 15 is 0 Å². The van der Waals surface area contributed by atoms with Crippen molar-refractivity contribution in [3.63, 3.8) is 0 Å². The Morgan fingerprint density at radius 2 is 1.88 bits per heavy atom. The second-order valence-corrected chi connectivity index (χ2v) is 7.80. The topological polar surface area (TPSA) is 70.0 Å². The van der Waals surface area contributed by atoms with Crippen LogP contribution < -0.4 is 0 Å². The number of amides is 1. The van der Waals surface area contributed by atoms with Gasteiger partial charge in [0.15, 0.2) is 0 Å². The molecule has 24 heavy (non-hydrogen) atoms. The monoisotopic (exact) mass is 335 g/mol. The second-order valence-electron chi connectivity index (χ2n) is 7.80. The number of aliphatic hydroxyl groups excluding tert-OH is 1. The molecule has 1 amide bonds. The number of benzene rings is 1. The number of aryl methyl sites for hydroxylation is 1. The van der Waals surface area contributed by atoms with Crippen LogP contribution in [0.25, 0.3) is 0 Å². The first kappa shape index (κ1) is 18.7. The van der Waals surface area contributed by atoms with Gasteiger partial charge in [0.05, 0.1) is 12.2 Å². The van der Waals surface area contributed by atoms with Gasteiger partial charge in [-0.25, -0.2) is 4.79 Å². The summed E-state index contributed by atoms with van der Waals surface area (Å²) in [4.78, 5) is 13.8. The first-order valence-corrected chi connectivity index (χ1v) is 8.51. The molecule has 1 heterocycles. The maximum absolute atomic E-state index is 12.1. The molecule has 0 spiro atoms. The van der Waals surface area contributed by atoms with Crippen LogP contribution in [0.3, 0.4) is 0 Å². The van der Waals surface area contributed by atoms with Crippen molar-refractivity contribution in [1.29, 1.82) is 0 Å². The summed E-state index contributed by atoms with van der Waals surface area (Å²) in [5.41, 5.74) is 1.56. The van der Waals surface area contributed by atoms with Crippen molar-refractivity contribution < 1.29 is 19.7 Å². The number of ether oxygens (including phenoxy) is 1. The molecule has 1 aromatic carbocycles. The van der Waals surface area contributed by atoms with Crippen LogP contribution in [0.15, 0.2) is 18.2 Å². The fourth-order valence-corrected chi connectivity index (χ4v) is 3.04. The van der Waals surface area contributed by atoms with E-state index in [-0.39, 0.29) is 12.7 Å². The number of carbonyl (C=O) groups is 1. The first-order valence-electron chi connectivity index (χ1n) is 8.51. The number of nitrogens with zero attached hydrogens (tertiary/aromatic N) is 1. The van der Waals surface area contributed by atoms with Gasteiger partial charge in [0.1, 0.15) is 5.60 Å². The molecule has 2 N–H and O–H groups in total. The quantitative estimate of drug-likeness (QED) is 0.891. The van der Waals surface area contributed by atoms with E-state index < -0.39 is 11.2 Å². The summed E-state index contributed by atoms with van der Waals surface area (Å²) in [6.45, 7) is 8.45. The van der Waals surface area contributed by atoms with Crippen LogP contribution in [0.2, 0.25) is 0 Å². The van der Waals surface area contributed by atoms with E-state index in [4.69, 9.17) is 4.74 Å². The zero-order valence-electron chi connectivity index (χ0n) is 15.1. The molecule has 0 saturated carbocycles. The van der Waals surface area contributed by atoms with Crippen LogP contribution in [0.4, 0.5) is 4.79 Å². The maximum atomic E-state index is 12.1. The van der Waals surface area contributed by atoms with Gasteiger partial charge in [-0.05, 0) is 51.7 Å². The molecule has 1 fully saturated rings. The summed E-state index contributed by atoms with van der Waals surface area (Å²) in [6.07, 6.45) is 1.18. The van der Waals surface area contributed by atoms with Crippen molar-refractivity contribution in [1.82, 2.24) is 4.90 Å². The molecule has 0 unspecified atom stereocenters. The van der Waals surface area contributed by atoms with Crippen molar-refractivity contribution in [2.24, 2.45) is 0 Å². The fourth-order valence-electron chi connectivity index (χ4n) is 3.04. The zero-order chi connectivity index (χ0) is 18.0. The van der Waals surface area contributed by atoms with Gasteiger partial charge in [0.2, 0.25) is 0 Å². The average Bonchev–Trinajstić information content (AvgIpc) is 2.47. The van der Waals surface area contributed by atoms with Gasteiger partial charge in [0.25, 0.3) is 0 Å². The second kappa shape index (κ2) is 7.11. The highest BCUT2D eigenvalue weighted by atomic mass is 16.6. The molecule has 0 aromatic heterocycles. The minimum Gasteiger partial charge on any atom is -0.444 e. The number of hydrogen-bond donors (Lipinski definition) is 2. The Hall–Kier alpha value is -1.59. The van der Waals surface area contributed by atoms with Crippen LogP contribution >= 0.6 is 0 Å². The van der Waals surface area contributed by atoms with Gasteiger partial charge in [-0.15, -0.1) is 0 Å². The van der Waals surface area contributed by atoms with Gasteiger partial charge < -0.3 is 19.8 Å². The lowest BCUT2D eigenvalue weighted by Gasteiger charge is -2.39. The van der Waals surface area contributed by atoms with Crippen LogP contribution in [0, 0.1) is 6.92 Å². The standard InChI is InChI=1S/C19H29NO4/c1-14-5-6-15(16(11-14)13-21)12-19(23)7-9-20(10-8-19)17(22)24-18(2,3)4/h5-6,11,21,23H,7-10,12-13H2,1-4H3. The van der Waals surface area contributed by atoms with Crippen LogP contribution in [-0.2, 0) is 17.8 Å². The molecule has 1 aliphatic rings. The van der Waals surface area contributed by atoms with Crippen LogP contribution in [0.5, 0.6) is 0 Å². The molecule has 0 atom stereocenters. The van der Waals surface area contributed by atoms with Crippen molar-refractivity contribution in [2.45, 2.75) is 64.8 Å². The summed E-state index contributed by atoms with van der Waals surface area (Å²) in [7, 11) is 0. The Balaban J connectivity index is 1.99. The Labute approximate surface area is 144 Å². The number of likely N-dealkylation sites (tertiary alicyclic amines) is 1. The van der Waals surface area contributed by atoms with Gasteiger partial charge in [-0.2, -0.15) is 0 Å². The Morgan fingerprint density at radius 3 is 2.42 bits per heavy atom. The first-order chi connectivity index (χ1) is 11.1. The molecule has 1 aliphatic heterocycles. The van der Waals surface area contributed by atoms with E-state index in [1.54, 1.807) is 4.90 Å². The van der Waals surface area contributed by atoms with E-state index in [1.165, 1.54) is 0 Å². The minimum atomic E-state index is -0.850. The normalized spacial score (nSPS) is 17.7. The van der Waals surface area contributed by atoms with Gasteiger partial charge in [-0.1, -0.05) is 23.8 Å². The highest BCUT2D eigenvalue weighted by Crippen LogP contribution is 2.29. The van der Waals surface area contributed by atoms with E-state index in [1.807, 2.05) is 45.9 Å². The molecular formula is C19H29NO4. The fraction of sp³-hybridized carbons (Fsp3) is 0.632. The van der Waals surface area contributed by atoms with E-state index in [9.17, 15) is 15.0 Å². The Bertz CT molecular complexity index is 584. The largest absolute Gasteiger partial charge is 0.444 e. The molecule has 2 rings (SSSR count). The summed E-state index contributed by atoms with van der Waals surface area (Å²) in [6, 6.07) is 5.92. The predicted octanol–water partition coefficient (Wildman–Crippen LogP) is 2.79. The summed E-state index contributed by atoms with van der Waals surface area (Å²) >= 11 is 0. The molecule has 5 nitrogen and oxygen atoms in total. The lowest BCUT2D eigenvalue weighted by Crippen LogP contribution is -2.49. The molecule has 1 aromatic rings. The third-order valence-corrected chi connectivity index (χ3v) is 4.40. The van der Waals surface area contributed by atoms with Crippen molar-refractivity contribution >= 4 is 6.09 Å². The Morgan fingerprint density at radius 1 is 1.25 bits per heavy atom. The third-order valence-electron chi connectivity index (χ3n) is 4.40. The number of hydrogen-bond acceptors (Lipinski definition) is 4. The van der Waals surface area contributed by atoms with E-state index in [2.05, 4.69) is 0 Å². The van der Waals surface area contributed by atoms with Crippen LogP contribution in [-0.4, -0.2) is 45.5 Å². The van der Waals surface area contributed by atoms with Crippen molar-refractivity contribution in [2.75, 3.05) is 13.1 Å². The van der Waals surface area contributed by atoms with Gasteiger partial charge in [0, 0.05) is 19.5 Å². The number of piperidine rings is 1. The van der Waals surface area contributed by atoms with Gasteiger partial charge >= 0.3 is 6.09 Å². The average molecular weight is 335 g/mol. The van der Waals surface area contributed by atoms with Crippen LogP contribution in [0.1, 0.15) is 50.3 Å². The molecule has 134 valence electrons. The van der Waals surface area contributed by atoms with E-state index in [0.29, 0.717) is 32.4 Å². The smallest absolute Gasteiger partial charge is 0.410 e. The highest BCUT2D eigenvalue weighted by molar-refractivity contribution is 5.68. The number of carbonyl (C=O) groups excluding carboxylic acids is 1. The van der Waals surface area contributed by atoms with Crippen molar-refractivity contribution in [3.8, 4) is 0 Å². The minimum absolute atomic E-state index is 0.0306. The SMILES string of the molecule is Cc1ccc(CC2(O)CCN(C(=O)OC(C)(C)C)CC2)c(CO)c1. The molecule has 1 saturated heterocycles. The van der Waals surface area contributed by atoms with E-state index in [0.717, 1.165) is 16.7 Å². The lowest BCUT2D eigenvalue weighted by atomic mass is 9.84. The number of aliphatic hydroxyl groups is 2. The zero-order valence-corrected chi connectivity index (χ0v) is 15.1. The molecular weight excluding hydrogens is 306 g/mol. The molecule has 0 radical (unpaired) electrons. The van der Waals surface area contributed by atoms with Crippen molar-refractivity contribution in [3.05, 3.63) is 34.9 Å². The molecule has 0 aliphatic carbocycles. The summed E-state index contributed by atoms with van der Waals surface area (Å²) in [5.74, 6) is 0. The van der Waals surface area contributed by atoms with Gasteiger partial charge in [-0.3, -0.25) is 0 Å². The highest BCUT2D eigenvalue weighted by Gasteiger charge is 2.35. The lowest BCUT2D eigenvalue weighted by molar-refractivity contribution is -0.0317. The molecule has 5 heteroatoms. The third kappa shape index (κ3) is 4.95. The Kier molecular flexibility index (Phi) is 5.56. The maximum Gasteiger partial charge on any atom is 0.410 e. The number of rotatable bonds is 3.